The second kappa shape index (κ2) is 13.5. The maximum atomic E-state index is 12.6. The van der Waals surface area contributed by atoms with Gasteiger partial charge in [-0.15, -0.1) is 24.8 Å². The summed E-state index contributed by atoms with van der Waals surface area (Å²) in [6.45, 7) is 3.32. The third kappa shape index (κ3) is 8.40. The third-order valence-electron chi connectivity index (χ3n) is 6.62. The molecule has 0 heterocycles. The number of halogens is 2. The first-order chi connectivity index (χ1) is 13.7. The molecule has 0 aromatic heterocycles. The van der Waals surface area contributed by atoms with Gasteiger partial charge >= 0.3 is 24.1 Å². The van der Waals surface area contributed by atoms with Crippen molar-refractivity contribution in [3.05, 3.63) is 0 Å². The molecule has 182 valence electrons. The van der Waals surface area contributed by atoms with Gasteiger partial charge in [0.2, 0.25) is 0 Å². The first-order valence-electron chi connectivity index (χ1n) is 10.7. The molecule has 2 rings (SSSR count). The van der Waals surface area contributed by atoms with Crippen molar-refractivity contribution < 1.29 is 23.9 Å². The Hall–Kier alpha value is -1.09. The lowest BCUT2D eigenvalue weighted by Crippen LogP contribution is -2.43. The second-order valence-corrected chi connectivity index (χ2v) is 9.18. The summed E-state index contributed by atoms with van der Waals surface area (Å²) in [7, 11) is 3.08. The lowest BCUT2D eigenvalue weighted by atomic mass is 9.72. The molecule has 2 aliphatic carbocycles. The van der Waals surface area contributed by atoms with Crippen LogP contribution in [0.5, 0.6) is 0 Å². The molecule has 1 atom stereocenters. The molecule has 0 aliphatic heterocycles. The standard InChI is InChI=1S/C21H37N3O5.2ClH/c1-21(13-23)10-8-16(9-11-21)19(27)29-20(17(25)24(2)3)28-18(26)15-6-4-14(12-22)5-7-15;;/h14-16,20H,4-13,22-23H2,1-3H3;2*1H. The number of carbonyl (C=O) groups excluding carboxylic acids is 3. The van der Waals surface area contributed by atoms with Gasteiger partial charge in [-0.1, -0.05) is 6.92 Å². The molecule has 0 radical (unpaired) electrons. The Labute approximate surface area is 197 Å². The summed E-state index contributed by atoms with van der Waals surface area (Å²) in [6.07, 6.45) is 4.54. The number of ether oxygens (including phenoxy) is 2. The Morgan fingerprint density at radius 3 is 1.74 bits per heavy atom. The molecule has 0 aromatic rings. The molecule has 10 heteroatoms. The van der Waals surface area contributed by atoms with Crippen molar-refractivity contribution in [2.45, 2.75) is 64.6 Å². The van der Waals surface area contributed by atoms with Gasteiger partial charge in [0.25, 0.3) is 0 Å². The largest absolute Gasteiger partial charge is 0.415 e. The Morgan fingerprint density at radius 1 is 0.903 bits per heavy atom. The van der Waals surface area contributed by atoms with Gasteiger partial charge in [-0.2, -0.15) is 0 Å². The van der Waals surface area contributed by atoms with Crippen LogP contribution < -0.4 is 11.5 Å². The molecule has 1 unspecified atom stereocenters. The molecule has 4 N–H and O–H groups in total. The van der Waals surface area contributed by atoms with E-state index in [1.165, 1.54) is 19.0 Å². The summed E-state index contributed by atoms with van der Waals surface area (Å²) < 4.78 is 10.8. The summed E-state index contributed by atoms with van der Waals surface area (Å²) in [6, 6.07) is 0. The van der Waals surface area contributed by atoms with E-state index in [2.05, 4.69) is 6.92 Å². The van der Waals surface area contributed by atoms with Crippen LogP contribution in [-0.2, 0) is 23.9 Å². The number of rotatable bonds is 7. The summed E-state index contributed by atoms with van der Waals surface area (Å²) in [5.74, 6) is -1.66. The number of nitrogens with zero attached hydrogens (tertiary/aromatic N) is 1. The van der Waals surface area contributed by atoms with E-state index in [9.17, 15) is 14.4 Å². The maximum Gasteiger partial charge on any atom is 0.326 e. The van der Waals surface area contributed by atoms with Crippen molar-refractivity contribution in [3.63, 3.8) is 0 Å². The molecule has 2 fully saturated rings. The summed E-state index contributed by atoms with van der Waals surface area (Å²) in [5, 5.41) is 0. The quantitative estimate of drug-likeness (QED) is 0.419. The Morgan fingerprint density at radius 2 is 1.35 bits per heavy atom. The molecule has 0 saturated heterocycles. The lowest BCUT2D eigenvalue weighted by Gasteiger charge is -2.35. The highest BCUT2D eigenvalue weighted by molar-refractivity contribution is 5.86. The molecule has 0 aromatic carbocycles. The number of carbonyl (C=O) groups is 3. The molecule has 0 bridgehead atoms. The van der Waals surface area contributed by atoms with Crippen molar-refractivity contribution in [2.24, 2.45) is 34.6 Å². The first-order valence-corrected chi connectivity index (χ1v) is 10.7. The van der Waals surface area contributed by atoms with Crippen LogP contribution in [0.25, 0.3) is 0 Å². The number of amides is 1. The van der Waals surface area contributed by atoms with Gasteiger partial charge in [-0.05, 0) is 75.8 Å². The average Bonchev–Trinajstić information content (AvgIpc) is 2.73. The fourth-order valence-corrected chi connectivity index (χ4v) is 4.13. The van der Waals surface area contributed by atoms with Crippen LogP contribution in [0.2, 0.25) is 0 Å². The first kappa shape index (κ1) is 29.9. The van der Waals surface area contributed by atoms with Crippen LogP contribution in [0.4, 0.5) is 0 Å². The molecule has 2 saturated carbocycles. The second-order valence-electron chi connectivity index (χ2n) is 9.18. The zero-order valence-electron chi connectivity index (χ0n) is 18.8. The van der Waals surface area contributed by atoms with Crippen LogP contribution >= 0.6 is 24.8 Å². The van der Waals surface area contributed by atoms with E-state index in [1.54, 1.807) is 0 Å². The molecule has 2 aliphatic rings. The minimum atomic E-state index is -1.53. The van der Waals surface area contributed by atoms with E-state index in [4.69, 9.17) is 20.9 Å². The fraction of sp³-hybridized carbons (Fsp3) is 0.857. The monoisotopic (exact) mass is 483 g/mol. The van der Waals surface area contributed by atoms with Crippen molar-refractivity contribution in [3.8, 4) is 0 Å². The van der Waals surface area contributed by atoms with Crippen LogP contribution in [0.3, 0.4) is 0 Å². The molecule has 31 heavy (non-hydrogen) atoms. The van der Waals surface area contributed by atoms with E-state index < -0.39 is 24.1 Å². The zero-order chi connectivity index (χ0) is 21.6. The molecular formula is C21H39Cl2N3O5. The van der Waals surface area contributed by atoms with E-state index in [0.29, 0.717) is 44.7 Å². The van der Waals surface area contributed by atoms with Gasteiger partial charge in [-0.3, -0.25) is 14.4 Å². The molecular weight excluding hydrogens is 445 g/mol. The number of hydrogen-bond acceptors (Lipinski definition) is 7. The van der Waals surface area contributed by atoms with Crippen molar-refractivity contribution in [1.82, 2.24) is 4.90 Å². The van der Waals surface area contributed by atoms with Gasteiger partial charge in [0.1, 0.15) is 0 Å². The van der Waals surface area contributed by atoms with Gasteiger partial charge in [-0.25, -0.2) is 0 Å². The Bertz CT molecular complexity index is 590. The van der Waals surface area contributed by atoms with Crippen molar-refractivity contribution >= 4 is 42.7 Å². The highest BCUT2D eigenvalue weighted by atomic mass is 35.5. The SMILES string of the molecule is CN(C)C(=O)C(OC(=O)C1CCC(CN)CC1)OC(=O)C1CCC(C)(CN)CC1.Cl.Cl. The summed E-state index contributed by atoms with van der Waals surface area (Å²) in [4.78, 5) is 39.0. The number of nitrogens with two attached hydrogens (primary N) is 2. The van der Waals surface area contributed by atoms with Crippen molar-refractivity contribution in [2.75, 3.05) is 27.2 Å². The van der Waals surface area contributed by atoms with Crippen LogP contribution in [-0.4, -0.2) is 56.2 Å². The number of hydrogen-bond donors (Lipinski definition) is 2. The normalized spacial score (nSPS) is 28.9. The molecule has 8 nitrogen and oxygen atoms in total. The summed E-state index contributed by atoms with van der Waals surface area (Å²) in [5.41, 5.74) is 11.6. The predicted molar refractivity (Wildman–Crippen MR) is 123 cm³/mol. The van der Waals surface area contributed by atoms with Crippen LogP contribution in [0.1, 0.15) is 58.3 Å². The van der Waals surface area contributed by atoms with E-state index in [1.807, 2.05) is 0 Å². The van der Waals surface area contributed by atoms with E-state index in [-0.39, 0.29) is 42.1 Å². The van der Waals surface area contributed by atoms with Gasteiger partial charge in [0.05, 0.1) is 11.8 Å². The fourth-order valence-electron chi connectivity index (χ4n) is 4.13. The maximum absolute atomic E-state index is 12.6. The lowest BCUT2D eigenvalue weighted by molar-refractivity contribution is -0.202. The van der Waals surface area contributed by atoms with Gasteiger partial charge in [0.15, 0.2) is 0 Å². The Balaban J connectivity index is 0.00000450. The molecule has 1 amide bonds. The van der Waals surface area contributed by atoms with Crippen molar-refractivity contribution in [1.29, 1.82) is 0 Å². The number of esters is 2. The predicted octanol–water partition coefficient (Wildman–Crippen LogP) is 2.25. The highest BCUT2D eigenvalue weighted by Gasteiger charge is 2.38. The minimum Gasteiger partial charge on any atom is -0.415 e. The van der Waals surface area contributed by atoms with Crippen LogP contribution in [0.15, 0.2) is 0 Å². The smallest absolute Gasteiger partial charge is 0.326 e. The van der Waals surface area contributed by atoms with Gasteiger partial charge < -0.3 is 25.8 Å². The van der Waals surface area contributed by atoms with E-state index in [0.717, 1.165) is 25.7 Å². The zero-order valence-corrected chi connectivity index (χ0v) is 20.5. The highest BCUT2D eigenvalue weighted by Crippen LogP contribution is 2.38. The molecule has 0 spiro atoms. The topological polar surface area (TPSA) is 125 Å². The minimum absolute atomic E-state index is 0. The average molecular weight is 484 g/mol. The number of likely N-dealkylation sites (N-methyl/N-ethyl adjacent to an activating group) is 1. The van der Waals surface area contributed by atoms with E-state index >= 15 is 0 Å². The third-order valence-corrected chi connectivity index (χ3v) is 6.62. The summed E-state index contributed by atoms with van der Waals surface area (Å²) >= 11 is 0. The van der Waals surface area contributed by atoms with Gasteiger partial charge in [0, 0.05) is 14.1 Å². The van der Waals surface area contributed by atoms with Crippen LogP contribution in [0, 0.1) is 23.2 Å². The Kier molecular flexibility index (Phi) is 13.0.